The van der Waals surface area contributed by atoms with Crippen LogP contribution in [0.1, 0.15) is 94.9 Å². The van der Waals surface area contributed by atoms with Gasteiger partial charge < -0.3 is 9.74 Å². The Labute approximate surface area is 434 Å². The van der Waals surface area contributed by atoms with Gasteiger partial charge in [-0.1, -0.05) is 67.9 Å². The smallest absolute Gasteiger partial charge is 0.333 e. The van der Waals surface area contributed by atoms with Crippen LogP contribution in [0.2, 0.25) is 5.02 Å². The minimum absolute atomic E-state index is 0.0383. The molecule has 3 aliphatic heterocycles. The Morgan fingerprint density at radius 2 is 1.47 bits per heavy atom. The average molecular weight is 1120 g/mol. The number of hydrogen-bond acceptors (Lipinski definition) is 14. The van der Waals surface area contributed by atoms with Gasteiger partial charge in [0.15, 0.2) is 5.71 Å². The van der Waals surface area contributed by atoms with Crippen LogP contribution in [0.5, 0.6) is 0 Å². The van der Waals surface area contributed by atoms with Crippen molar-refractivity contribution < 1.29 is 75.7 Å². The maximum Gasteiger partial charge on any atom is 0.333 e. The van der Waals surface area contributed by atoms with Crippen LogP contribution >= 0.6 is 11.6 Å². The fourth-order valence-electron chi connectivity index (χ4n) is 9.40. The van der Waals surface area contributed by atoms with E-state index in [4.69, 9.17) is 21.4 Å². The largest absolute Gasteiger partial charge is 0.344 e. The molecule has 1 fully saturated rings. The lowest BCUT2D eigenvalue weighted by molar-refractivity contribution is -0.684. The number of unbranched alkanes of at least 4 members (excludes halogenated alkanes) is 2. The van der Waals surface area contributed by atoms with E-state index in [-0.39, 0.29) is 62.3 Å². The first-order chi connectivity index (χ1) is 34.3. The number of imide groups is 1. The standard InChI is InChI=1S/C49H53ClN4O16S4/c1-48(2)38-27-34(50)30-52(22-5-7-24-71(58,59)60)47(38)51-41(48)17-13-32(33-11-9-10-31(26-33)12-21-45(57)70-54-43(55)19-20-44(54)56)14-18-42-49(3,4)46-37-28-35(73(64,65)66)29-40(74(67,68)69)36(37)15-16-39(46)53(42)23-6-8-25-72(61,62)63/h9-11,13-18,26-30H,5-8,12,19-25H2,1-4H3,(H3-,58,59,60,61,62,63,64,65,66,67,68,69)/p+1. The summed E-state index contributed by atoms with van der Waals surface area (Å²) in [5.41, 5.74) is 2.86. The number of anilines is 1. The first-order valence-electron chi connectivity index (χ1n) is 23.2. The van der Waals surface area contributed by atoms with Gasteiger partial charge in [-0.2, -0.15) is 33.7 Å². The van der Waals surface area contributed by atoms with Gasteiger partial charge in [0.25, 0.3) is 52.3 Å². The van der Waals surface area contributed by atoms with E-state index in [0.29, 0.717) is 74.3 Å². The minimum Gasteiger partial charge on any atom is -0.344 e. The van der Waals surface area contributed by atoms with E-state index in [1.165, 1.54) is 6.07 Å². The molecule has 0 atom stereocenters. The number of aryl methyl sites for hydroxylation is 2. The molecule has 74 heavy (non-hydrogen) atoms. The molecule has 20 nitrogen and oxygen atoms in total. The van der Waals surface area contributed by atoms with Gasteiger partial charge in [-0.15, -0.1) is 5.06 Å². The molecular formula is C49H54ClN4O16S4+. The molecular weight excluding hydrogens is 1060 g/mol. The number of hydroxylamine groups is 2. The Balaban J connectivity index is 1.35. The summed E-state index contributed by atoms with van der Waals surface area (Å²) in [7, 11) is -18.6. The fourth-order valence-corrected chi connectivity index (χ4v) is 12.1. The molecule has 1 aromatic heterocycles. The number of hydrogen-bond donors (Lipinski definition) is 4. The van der Waals surface area contributed by atoms with Crippen LogP contribution in [-0.4, -0.2) is 98.5 Å². The Morgan fingerprint density at radius 1 is 0.811 bits per heavy atom. The Kier molecular flexibility index (Phi) is 16.0. The average Bonchev–Trinajstić information content (AvgIpc) is 3.83. The van der Waals surface area contributed by atoms with Crippen molar-refractivity contribution in [1.29, 1.82) is 0 Å². The molecule has 4 heterocycles. The highest BCUT2D eigenvalue weighted by atomic mass is 35.5. The zero-order chi connectivity index (χ0) is 54.3. The first kappa shape index (κ1) is 56.0. The predicted octanol–water partition coefficient (Wildman–Crippen LogP) is 6.84. The maximum atomic E-state index is 12.9. The third-order valence-electron chi connectivity index (χ3n) is 13.1. The van der Waals surface area contributed by atoms with E-state index in [2.05, 4.69) is 0 Å². The van der Waals surface area contributed by atoms with Crippen LogP contribution in [0.25, 0.3) is 16.3 Å². The second-order valence-electron chi connectivity index (χ2n) is 19.2. The molecule has 25 heteroatoms. The molecule has 3 aliphatic rings. The van der Waals surface area contributed by atoms with Crippen LogP contribution in [-0.2, 0) is 83.5 Å². The summed E-state index contributed by atoms with van der Waals surface area (Å²) < 4.78 is 138. The fraction of sp³-hybridized carbons (Fsp3) is 0.367. The number of pyridine rings is 1. The second-order valence-corrected chi connectivity index (χ2v) is 25.5. The highest BCUT2D eigenvalue weighted by molar-refractivity contribution is 7.87. The minimum atomic E-state index is -5.06. The lowest BCUT2D eigenvalue weighted by Crippen LogP contribution is -2.35. The summed E-state index contributed by atoms with van der Waals surface area (Å²) in [6.45, 7) is 7.99. The van der Waals surface area contributed by atoms with E-state index >= 15 is 0 Å². The molecule has 0 saturated carbocycles. The van der Waals surface area contributed by atoms with Crippen molar-refractivity contribution in [3.8, 4) is 0 Å². The highest BCUT2D eigenvalue weighted by Gasteiger charge is 2.44. The van der Waals surface area contributed by atoms with Gasteiger partial charge in [0.2, 0.25) is 0 Å². The molecule has 0 bridgehead atoms. The van der Waals surface area contributed by atoms with E-state index in [0.717, 1.165) is 11.6 Å². The molecule has 3 aromatic carbocycles. The van der Waals surface area contributed by atoms with Crippen molar-refractivity contribution >= 4 is 103 Å². The van der Waals surface area contributed by atoms with E-state index in [1.54, 1.807) is 56.5 Å². The van der Waals surface area contributed by atoms with Crippen molar-refractivity contribution in [3.05, 3.63) is 118 Å². The Bertz CT molecular complexity index is 3570. The Morgan fingerprint density at radius 3 is 2.11 bits per heavy atom. The molecule has 396 valence electrons. The zero-order valence-electron chi connectivity index (χ0n) is 40.6. The van der Waals surface area contributed by atoms with Crippen molar-refractivity contribution in [2.24, 2.45) is 4.99 Å². The predicted molar refractivity (Wildman–Crippen MR) is 274 cm³/mol. The number of nitrogens with zero attached hydrogens (tertiary/aromatic N) is 4. The summed E-state index contributed by atoms with van der Waals surface area (Å²) in [6.07, 6.45) is 9.56. The van der Waals surface area contributed by atoms with Gasteiger partial charge in [0.05, 0.1) is 45.4 Å². The topological polar surface area (TPSA) is 301 Å². The monoisotopic (exact) mass is 1120 g/mol. The van der Waals surface area contributed by atoms with Crippen LogP contribution in [0.4, 0.5) is 11.5 Å². The quantitative estimate of drug-likeness (QED) is 0.0232. The molecule has 0 spiro atoms. The van der Waals surface area contributed by atoms with Crippen molar-refractivity contribution in [2.75, 3.05) is 23.0 Å². The summed E-state index contributed by atoms with van der Waals surface area (Å²) in [4.78, 5) is 47.5. The van der Waals surface area contributed by atoms with Crippen LogP contribution in [0.15, 0.2) is 106 Å². The lowest BCUT2D eigenvalue weighted by atomic mass is 9.80. The van der Waals surface area contributed by atoms with Gasteiger partial charge >= 0.3 is 11.8 Å². The van der Waals surface area contributed by atoms with Gasteiger partial charge in [-0.25, -0.2) is 9.36 Å². The van der Waals surface area contributed by atoms with Gasteiger partial charge in [-0.05, 0) is 115 Å². The highest BCUT2D eigenvalue weighted by Crippen LogP contribution is 2.52. The number of fused-ring (bicyclic) bond motifs is 4. The molecule has 0 unspecified atom stereocenters. The number of carbonyl (C=O) groups excluding carboxylic acids is 3. The third kappa shape index (κ3) is 12.7. The van der Waals surface area contributed by atoms with Crippen LogP contribution < -0.4 is 9.47 Å². The summed E-state index contributed by atoms with van der Waals surface area (Å²) in [5.74, 6) is -2.39. The number of aliphatic imine (C=N–C) groups is 1. The number of benzene rings is 3. The molecule has 1 saturated heterocycles. The molecule has 0 radical (unpaired) electrons. The van der Waals surface area contributed by atoms with Crippen molar-refractivity contribution in [3.63, 3.8) is 0 Å². The molecule has 0 aliphatic carbocycles. The molecule has 2 amide bonds. The number of halogens is 1. The second kappa shape index (κ2) is 21.1. The van der Waals surface area contributed by atoms with Crippen molar-refractivity contribution in [1.82, 2.24) is 5.06 Å². The zero-order valence-corrected chi connectivity index (χ0v) is 44.6. The van der Waals surface area contributed by atoms with E-state index < -0.39 is 90.4 Å². The number of carbonyl (C=O) groups is 3. The van der Waals surface area contributed by atoms with Crippen molar-refractivity contribution in [2.45, 2.75) is 106 Å². The van der Waals surface area contributed by atoms with Gasteiger partial charge in [0, 0.05) is 41.6 Å². The summed E-state index contributed by atoms with van der Waals surface area (Å²) in [5, 5.41) is 0.927. The summed E-state index contributed by atoms with van der Waals surface area (Å²) >= 11 is 6.61. The first-order valence-corrected chi connectivity index (χ1v) is 29.7. The lowest BCUT2D eigenvalue weighted by Gasteiger charge is -2.27. The summed E-state index contributed by atoms with van der Waals surface area (Å²) in [6, 6.07) is 13.7. The number of amides is 2. The van der Waals surface area contributed by atoms with Gasteiger partial charge in [-0.3, -0.25) is 27.8 Å². The number of rotatable bonds is 20. The van der Waals surface area contributed by atoms with E-state index in [9.17, 15) is 66.3 Å². The van der Waals surface area contributed by atoms with Crippen LogP contribution in [0.3, 0.4) is 0 Å². The van der Waals surface area contributed by atoms with Crippen LogP contribution in [0, 0.1) is 0 Å². The number of allylic oxidation sites excluding steroid dienone is 6. The molecule has 4 aromatic rings. The Hall–Kier alpha value is -5.70. The normalized spacial score (nSPS) is 17.4. The van der Waals surface area contributed by atoms with Gasteiger partial charge in [0.1, 0.15) is 11.1 Å². The number of aromatic nitrogens is 1. The maximum absolute atomic E-state index is 12.9. The molecule has 4 N–H and O–H groups in total. The third-order valence-corrected chi connectivity index (χ3v) is 16.6. The molecule has 7 rings (SSSR count). The SMILES string of the molecule is CC1(C)C(/C=C/C(=C/C=C2\N(CCCCS(=O)(=O)O)c3ccc4c(S(=O)(=O)O)cc(S(=O)(=O)O)cc4c3C2(C)C)c2cccc(CCC(=O)ON3C(=O)CCC3=O)c2)=Nc2c1cc(Cl)c[n+]2CCCCS(=O)(=O)O. The van der Waals surface area contributed by atoms with E-state index in [1.807, 2.05) is 47.6 Å².